The van der Waals surface area contributed by atoms with E-state index in [1.165, 1.54) is 66.7 Å². The lowest BCUT2D eigenvalue weighted by Gasteiger charge is -2.11. The van der Waals surface area contributed by atoms with Crippen LogP contribution >= 0.6 is 23.2 Å². The van der Waals surface area contributed by atoms with Gasteiger partial charge in [-0.3, -0.25) is 0 Å². The van der Waals surface area contributed by atoms with Crippen LogP contribution in [-0.2, 0) is 10.0 Å². The van der Waals surface area contributed by atoms with Crippen molar-refractivity contribution in [2.24, 2.45) is 5.10 Å². The molecule has 4 rings (SSSR count). The Kier molecular flexibility index (Phi) is 8.42. The Labute approximate surface area is 228 Å². The molecule has 0 spiro atoms. The van der Waals surface area contributed by atoms with Crippen LogP contribution in [0.4, 0.5) is 0 Å². The van der Waals surface area contributed by atoms with Crippen molar-refractivity contribution < 1.29 is 27.5 Å². The molecule has 0 bridgehead atoms. The third-order valence-electron chi connectivity index (χ3n) is 4.99. The van der Waals surface area contributed by atoms with Crippen molar-refractivity contribution >= 4 is 51.4 Å². The van der Waals surface area contributed by atoms with Gasteiger partial charge in [-0.05, 0) is 72.8 Å². The van der Waals surface area contributed by atoms with Crippen molar-refractivity contribution in [3.8, 4) is 11.5 Å². The zero-order valence-electron chi connectivity index (χ0n) is 19.4. The van der Waals surface area contributed by atoms with Gasteiger partial charge in [0.2, 0.25) is 0 Å². The van der Waals surface area contributed by atoms with Gasteiger partial charge in [0.25, 0.3) is 10.0 Å². The first-order valence-corrected chi connectivity index (χ1v) is 13.1. The normalized spacial score (nSPS) is 11.2. The molecule has 0 heterocycles. The summed E-state index contributed by atoms with van der Waals surface area (Å²) < 4.78 is 35.8. The van der Waals surface area contributed by atoms with Crippen LogP contribution in [0.2, 0.25) is 10.0 Å². The third-order valence-corrected chi connectivity index (χ3v) is 6.73. The quantitative estimate of drug-likeness (QED) is 0.125. The van der Waals surface area contributed by atoms with Gasteiger partial charge < -0.3 is 9.47 Å². The molecule has 0 aromatic heterocycles. The summed E-state index contributed by atoms with van der Waals surface area (Å²) in [6, 6.07) is 24.0. The van der Waals surface area contributed by atoms with Crippen LogP contribution in [0.15, 0.2) is 107 Å². The van der Waals surface area contributed by atoms with Crippen LogP contribution in [0, 0.1) is 0 Å². The first kappa shape index (κ1) is 26.9. The van der Waals surface area contributed by atoms with Crippen molar-refractivity contribution in [1.29, 1.82) is 0 Å². The van der Waals surface area contributed by atoms with Gasteiger partial charge in [-0.2, -0.15) is 13.5 Å². The summed E-state index contributed by atoms with van der Waals surface area (Å²) in [5.74, 6) is -1.34. The summed E-state index contributed by atoms with van der Waals surface area (Å²) in [5, 5.41) is 4.70. The van der Waals surface area contributed by atoms with E-state index >= 15 is 0 Å². The topological polar surface area (TPSA) is 111 Å². The molecule has 11 heteroatoms. The number of ether oxygens (including phenoxy) is 2. The average molecular weight is 569 g/mol. The molecule has 0 amide bonds. The number of esters is 2. The maximum absolute atomic E-state index is 12.7. The van der Waals surface area contributed by atoms with E-state index in [0.29, 0.717) is 10.0 Å². The highest BCUT2D eigenvalue weighted by molar-refractivity contribution is 7.89. The molecule has 0 aliphatic carbocycles. The van der Waals surface area contributed by atoms with Crippen molar-refractivity contribution in [1.82, 2.24) is 4.83 Å². The van der Waals surface area contributed by atoms with Crippen LogP contribution in [0.1, 0.15) is 26.3 Å². The van der Waals surface area contributed by atoms with E-state index < -0.39 is 22.0 Å². The number of hydrogen-bond donors (Lipinski definition) is 1. The van der Waals surface area contributed by atoms with Gasteiger partial charge in [0, 0.05) is 21.7 Å². The van der Waals surface area contributed by atoms with Gasteiger partial charge in [-0.25, -0.2) is 14.4 Å². The van der Waals surface area contributed by atoms with E-state index in [-0.39, 0.29) is 33.1 Å². The Balaban J connectivity index is 1.59. The van der Waals surface area contributed by atoms with Gasteiger partial charge in [-0.1, -0.05) is 41.4 Å². The zero-order chi connectivity index (χ0) is 27.1. The molecule has 1 N–H and O–H groups in total. The van der Waals surface area contributed by atoms with E-state index in [1.807, 2.05) is 0 Å². The predicted octanol–water partition coefficient (Wildman–Crippen LogP) is 5.74. The molecule has 0 aliphatic rings. The minimum Gasteiger partial charge on any atom is -0.423 e. The van der Waals surface area contributed by atoms with E-state index in [9.17, 15) is 18.0 Å². The molecule has 0 saturated carbocycles. The largest absolute Gasteiger partial charge is 0.423 e. The van der Waals surface area contributed by atoms with Crippen molar-refractivity contribution in [2.45, 2.75) is 4.90 Å². The minimum absolute atomic E-state index is 0.0241. The second-order valence-corrected chi connectivity index (χ2v) is 10.2. The fourth-order valence-corrected chi connectivity index (χ4v) is 4.15. The predicted molar refractivity (Wildman–Crippen MR) is 144 cm³/mol. The van der Waals surface area contributed by atoms with Crippen molar-refractivity contribution in [3.05, 3.63) is 124 Å². The SMILES string of the molecule is O=C(Oc1ccc(/C=N\NS(=O)(=O)c2ccccc2)c(OC(=O)c2ccc(Cl)cc2)c1)c1ccc(Cl)cc1. The molecule has 0 atom stereocenters. The lowest BCUT2D eigenvalue weighted by molar-refractivity contribution is 0.0732. The Morgan fingerprint density at radius 1 is 0.737 bits per heavy atom. The summed E-state index contributed by atoms with van der Waals surface area (Å²) in [6.45, 7) is 0. The molecule has 0 saturated heterocycles. The maximum Gasteiger partial charge on any atom is 0.343 e. The van der Waals surface area contributed by atoms with Crippen LogP contribution < -0.4 is 14.3 Å². The summed E-state index contributed by atoms with van der Waals surface area (Å²) >= 11 is 11.8. The highest BCUT2D eigenvalue weighted by Crippen LogP contribution is 2.26. The molecule has 192 valence electrons. The summed E-state index contributed by atoms with van der Waals surface area (Å²) in [7, 11) is -3.92. The van der Waals surface area contributed by atoms with Gasteiger partial charge in [0.05, 0.1) is 22.2 Å². The third kappa shape index (κ3) is 6.98. The Morgan fingerprint density at radius 3 is 1.87 bits per heavy atom. The van der Waals surface area contributed by atoms with Gasteiger partial charge >= 0.3 is 11.9 Å². The Hall–Kier alpha value is -4.18. The molecule has 4 aromatic rings. The number of benzene rings is 4. The molecule has 0 unspecified atom stereocenters. The van der Waals surface area contributed by atoms with Crippen molar-refractivity contribution in [2.75, 3.05) is 0 Å². The molecule has 0 fully saturated rings. The first-order chi connectivity index (χ1) is 18.2. The molecular formula is C27H18Cl2N2O6S. The Morgan fingerprint density at radius 2 is 1.29 bits per heavy atom. The van der Waals surface area contributed by atoms with Crippen LogP contribution in [0.5, 0.6) is 11.5 Å². The number of carbonyl (C=O) groups excluding carboxylic acids is 2. The molecule has 4 aromatic carbocycles. The number of nitrogens with one attached hydrogen (secondary N) is 1. The number of rotatable bonds is 8. The monoisotopic (exact) mass is 568 g/mol. The summed E-state index contributed by atoms with van der Waals surface area (Å²) in [5.41, 5.74) is 0.704. The van der Waals surface area contributed by atoms with Gasteiger partial charge in [0.15, 0.2) is 0 Å². The lowest BCUT2D eigenvalue weighted by atomic mass is 10.2. The van der Waals surface area contributed by atoms with Crippen LogP contribution in [-0.4, -0.2) is 26.6 Å². The second kappa shape index (κ2) is 11.9. The molecule has 8 nitrogen and oxygen atoms in total. The summed E-state index contributed by atoms with van der Waals surface area (Å²) in [6.07, 6.45) is 1.16. The average Bonchev–Trinajstić information content (AvgIpc) is 2.91. The highest BCUT2D eigenvalue weighted by Gasteiger charge is 2.16. The highest BCUT2D eigenvalue weighted by atomic mass is 35.5. The number of sulfonamides is 1. The lowest BCUT2D eigenvalue weighted by Crippen LogP contribution is -2.18. The van der Waals surface area contributed by atoms with E-state index in [2.05, 4.69) is 9.93 Å². The number of nitrogens with zero attached hydrogens (tertiary/aromatic N) is 1. The smallest absolute Gasteiger partial charge is 0.343 e. The van der Waals surface area contributed by atoms with Gasteiger partial charge in [0.1, 0.15) is 11.5 Å². The van der Waals surface area contributed by atoms with E-state index in [1.54, 1.807) is 30.3 Å². The number of halogens is 2. The number of carbonyl (C=O) groups is 2. The minimum atomic E-state index is -3.92. The van der Waals surface area contributed by atoms with E-state index in [4.69, 9.17) is 32.7 Å². The fraction of sp³-hybridized carbons (Fsp3) is 0. The van der Waals surface area contributed by atoms with Gasteiger partial charge in [-0.15, -0.1) is 0 Å². The molecule has 0 radical (unpaired) electrons. The van der Waals surface area contributed by atoms with Crippen LogP contribution in [0.3, 0.4) is 0 Å². The first-order valence-electron chi connectivity index (χ1n) is 10.9. The second-order valence-electron chi connectivity index (χ2n) is 7.66. The number of hydrazone groups is 1. The molecule has 0 aliphatic heterocycles. The zero-order valence-corrected chi connectivity index (χ0v) is 21.7. The van der Waals surface area contributed by atoms with Crippen molar-refractivity contribution in [3.63, 3.8) is 0 Å². The maximum atomic E-state index is 12.7. The Bertz CT molecular complexity index is 1590. The standard InChI is InChI=1S/C27H18Cl2N2O6S/c28-21-11-6-18(7-12-21)26(32)36-23-15-10-20(17-30-31-38(34,35)24-4-2-1-3-5-24)25(16-23)37-27(33)19-8-13-22(29)14-9-19/h1-17,31H/b30-17-. The fourth-order valence-electron chi connectivity index (χ4n) is 3.09. The van der Waals surface area contributed by atoms with Crippen LogP contribution in [0.25, 0.3) is 0 Å². The molecule has 38 heavy (non-hydrogen) atoms. The molecular weight excluding hydrogens is 551 g/mol. The number of hydrogen-bond acceptors (Lipinski definition) is 7. The summed E-state index contributed by atoms with van der Waals surface area (Å²) in [4.78, 5) is 27.4. The van der Waals surface area contributed by atoms with E-state index in [0.717, 1.165) is 6.21 Å².